The summed E-state index contributed by atoms with van der Waals surface area (Å²) >= 11 is 0. The lowest BCUT2D eigenvalue weighted by Gasteiger charge is -2.38. The minimum Gasteiger partial charge on any atom is -0.494 e. The summed E-state index contributed by atoms with van der Waals surface area (Å²) in [4.78, 5) is 30.9. The summed E-state index contributed by atoms with van der Waals surface area (Å²) in [6, 6.07) is 6.42. The quantitative estimate of drug-likeness (QED) is 0.454. The van der Waals surface area contributed by atoms with E-state index in [1.165, 1.54) is 5.69 Å². The number of rotatable bonds is 3. The number of benzene rings is 1. The zero-order valence-electron chi connectivity index (χ0n) is 21.9. The lowest BCUT2D eigenvalue weighted by molar-refractivity contribution is -0.192. The third-order valence-corrected chi connectivity index (χ3v) is 6.42. The zero-order valence-corrected chi connectivity index (χ0v) is 21.9. The summed E-state index contributed by atoms with van der Waals surface area (Å²) in [5.74, 6) is -1.44. The smallest absolute Gasteiger partial charge is 0.490 e. The van der Waals surface area contributed by atoms with Crippen molar-refractivity contribution in [1.29, 1.82) is 0 Å². The Bertz CT molecular complexity index is 1370. The van der Waals surface area contributed by atoms with Gasteiger partial charge >= 0.3 is 18.2 Å². The van der Waals surface area contributed by atoms with Crippen molar-refractivity contribution in [3.05, 3.63) is 36.2 Å². The number of amides is 2. The first-order valence-corrected chi connectivity index (χ1v) is 12.3. The fourth-order valence-electron chi connectivity index (χ4n) is 4.92. The van der Waals surface area contributed by atoms with Crippen LogP contribution in [0.25, 0.3) is 10.9 Å². The normalized spacial score (nSPS) is 18.8. The van der Waals surface area contributed by atoms with Crippen molar-refractivity contribution < 1.29 is 32.6 Å². The van der Waals surface area contributed by atoms with Crippen molar-refractivity contribution in [2.75, 3.05) is 41.9 Å². The van der Waals surface area contributed by atoms with Crippen LogP contribution in [0.5, 0.6) is 5.75 Å². The van der Waals surface area contributed by atoms with E-state index < -0.39 is 12.1 Å². The summed E-state index contributed by atoms with van der Waals surface area (Å²) in [5, 5.41) is 19.1. The van der Waals surface area contributed by atoms with E-state index in [-0.39, 0.29) is 6.03 Å². The van der Waals surface area contributed by atoms with Crippen molar-refractivity contribution >= 4 is 40.1 Å². The third-order valence-electron chi connectivity index (χ3n) is 6.42. The fraction of sp³-hybridized carbons (Fsp3) is 0.440. The molecule has 3 aromatic rings. The van der Waals surface area contributed by atoms with Gasteiger partial charge in [-0.3, -0.25) is 9.58 Å². The van der Waals surface area contributed by atoms with Crippen LogP contribution in [0, 0.1) is 0 Å². The van der Waals surface area contributed by atoms with Gasteiger partial charge in [0.05, 0.1) is 18.3 Å². The highest BCUT2D eigenvalue weighted by atomic mass is 19.4. The molecule has 11 nitrogen and oxygen atoms in total. The number of pyridine rings is 1. The third kappa shape index (κ3) is 6.16. The molecule has 1 fully saturated rings. The topological polar surface area (TPSA) is 125 Å². The number of aryl methyl sites for hydroxylation is 1. The highest BCUT2D eigenvalue weighted by molar-refractivity contribution is 6.05. The van der Waals surface area contributed by atoms with E-state index in [1.807, 2.05) is 25.4 Å². The van der Waals surface area contributed by atoms with Crippen molar-refractivity contribution in [2.45, 2.75) is 38.5 Å². The number of aliphatic carboxylic acids is 1. The molecule has 1 aromatic carbocycles. The number of urea groups is 1. The number of carboxylic acid groups (broad SMARTS) is 1. The largest absolute Gasteiger partial charge is 0.494 e. The number of nitrogens with one attached hydrogen (secondary N) is 2. The zero-order chi connectivity index (χ0) is 28.5. The van der Waals surface area contributed by atoms with Gasteiger partial charge in [-0.25, -0.2) is 14.6 Å². The van der Waals surface area contributed by atoms with Crippen LogP contribution in [0.4, 0.5) is 35.2 Å². The average molecular weight is 550 g/mol. The SMILES string of the molecule is COc1cc2nn(C)cc2cc1NC(=O)N1CCc2c(N3C[C@@H](C)N[C@@H](C)C3)ccnc21.O=C(O)C(F)(F)F. The van der Waals surface area contributed by atoms with E-state index in [0.717, 1.165) is 41.8 Å². The van der Waals surface area contributed by atoms with Crippen LogP contribution < -0.4 is 25.2 Å². The van der Waals surface area contributed by atoms with Gasteiger partial charge in [-0.2, -0.15) is 18.3 Å². The summed E-state index contributed by atoms with van der Waals surface area (Å²) in [7, 11) is 3.46. The van der Waals surface area contributed by atoms with Gasteiger partial charge in [0.2, 0.25) is 0 Å². The molecule has 0 bridgehead atoms. The number of fused-ring (bicyclic) bond motifs is 2. The maximum atomic E-state index is 13.3. The van der Waals surface area contributed by atoms with E-state index in [0.29, 0.717) is 30.1 Å². The summed E-state index contributed by atoms with van der Waals surface area (Å²) < 4.78 is 39.0. The molecule has 0 saturated carbocycles. The van der Waals surface area contributed by atoms with Gasteiger partial charge in [-0.1, -0.05) is 0 Å². The highest BCUT2D eigenvalue weighted by Crippen LogP contribution is 2.36. The van der Waals surface area contributed by atoms with Gasteiger partial charge in [0.1, 0.15) is 11.6 Å². The van der Waals surface area contributed by atoms with Crippen LogP contribution in [-0.4, -0.2) is 76.9 Å². The monoisotopic (exact) mass is 549 g/mol. The number of nitrogens with zero attached hydrogens (tertiary/aromatic N) is 5. The predicted molar refractivity (Wildman–Crippen MR) is 140 cm³/mol. The Morgan fingerprint density at radius 3 is 2.49 bits per heavy atom. The molecule has 2 atom stereocenters. The number of carbonyl (C=O) groups is 2. The number of aromatic nitrogens is 3. The molecular weight excluding hydrogens is 519 g/mol. The maximum Gasteiger partial charge on any atom is 0.490 e. The Morgan fingerprint density at radius 2 is 1.87 bits per heavy atom. The van der Waals surface area contributed by atoms with Crippen molar-refractivity contribution in [1.82, 2.24) is 20.1 Å². The van der Waals surface area contributed by atoms with E-state index in [2.05, 4.69) is 45.5 Å². The van der Waals surface area contributed by atoms with E-state index in [4.69, 9.17) is 14.6 Å². The van der Waals surface area contributed by atoms with Crippen LogP contribution in [0.3, 0.4) is 0 Å². The number of anilines is 3. The van der Waals surface area contributed by atoms with E-state index in [9.17, 15) is 18.0 Å². The number of hydrogen-bond donors (Lipinski definition) is 3. The molecule has 2 aliphatic rings. The summed E-state index contributed by atoms with van der Waals surface area (Å²) in [6.45, 7) is 6.89. The molecule has 4 heterocycles. The van der Waals surface area contributed by atoms with Crippen LogP contribution in [0.2, 0.25) is 0 Å². The lowest BCUT2D eigenvalue weighted by Crippen LogP contribution is -2.54. The number of alkyl halides is 3. The molecule has 0 radical (unpaired) electrons. The fourth-order valence-corrected chi connectivity index (χ4v) is 4.92. The Labute approximate surface area is 222 Å². The molecule has 0 spiro atoms. The number of piperazine rings is 1. The van der Waals surface area contributed by atoms with Crippen LogP contribution in [0.1, 0.15) is 19.4 Å². The molecule has 14 heteroatoms. The first-order chi connectivity index (χ1) is 18.4. The molecular formula is C25H30F3N7O4. The van der Waals surface area contributed by atoms with Crippen LogP contribution in [0.15, 0.2) is 30.6 Å². The Hall–Kier alpha value is -4.07. The summed E-state index contributed by atoms with van der Waals surface area (Å²) in [5.41, 5.74) is 3.76. The van der Waals surface area contributed by atoms with Crippen molar-refractivity contribution in [3.63, 3.8) is 0 Å². The molecule has 39 heavy (non-hydrogen) atoms. The van der Waals surface area contributed by atoms with Crippen molar-refractivity contribution in [2.24, 2.45) is 7.05 Å². The first kappa shape index (κ1) is 28.0. The molecule has 2 aromatic heterocycles. The number of ether oxygens (including phenoxy) is 1. The molecule has 210 valence electrons. The Balaban J connectivity index is 0.000000448. The first-order valence-electron chi connectivity index (χ1n) is 12.3. The molecule has 5 rings (SSSR count). The second-order valence-electron chi connectivity index (χ2n) is 9.55. The van der Waals surface area contributed by atoms with Gasteiger partial charge in [0.15, 0.2) is 0 Å². The Kier molecular flexibility index (Phi) is 7.86. The van der Waals surface area contributed by atoms with Gasteiger partial charge in [0.25, 0.3) is 0 Å². The predicted octanol–water partition coefficient (Wildman–Crippen LogP) is 3.39. The minimum absolute atomic E-state index is 0.211. The number of methoxy groups -OCH3 is 1. The number of hydrogen-bond acceptors (Lipinski definition) is 7. The lowest BCUT2D eigenvalue weighted by atomic mass is 10.1. The summed E-state index contributed by atoms with van der Waals surface area (Å²) in [6.07, 6.45) is -0.574. The van der Waals surface area contributed by atoms with Gasteiger partial charge in [0, 0.05) is 73.9 Å². The average Bonchev–Trinajstić information content (AvgIpc) is 3.44. The second kappa shape index (κ2) is 11.0. The number of carbonyl (C=O) groups excluding carboxylic acids is 1. The molecule has 2 aliphatic heterocycles. The molecule has 0 aliphatic carbocycles. The van der Waals surface area contributed by atoms with Crippen LogP contribution in [-0.2, 0) is 18.3 Å². The minimum atomic E-state index is -5.08. The molecule has 3 N–H and O–H groups in total. The van der Waals surface area contributed by atoms with Gasteiger partial charge in [-0.05, 0) is 32.4 Å². The van der Waals surface area contributed by atoms with Gasteiger partial charge in [-0.15, -0.1) is 0 Å². The van der Waals surface area contributed by atoms with Crippen LogP contribution >= 0.6 is 0 Å². The van der Waals surface area contributed by atoms with E-state index >= 15 is 0 Å². The Morgan fingerprint density at radius 1 is 1.21 bits per heavy atom. The second-order valence-corrected chi connectivity index (χ2v) is 9.55. The number of carboxylic acids is 1. The molecule has 0 unspecified atom stereocenters. The standard InChI is InChI=1S/C23H29N7O2.C2HF3O2/c1-14-11-29(12-15(2)25-14)20-5-7-24-22-17(20)6-8-30(22)23(31)26-19-9-16-13-28(3)27-18(16)10-21(19)32-4;3-2(4,5)1(6)7/h5,7,9-10,13-15,25H,6,8,11-12H2,1-4H3,(H,26,31);(H,6,7)/t14-,15+;. The molecule has 2 amide bonds. The van der Waals surface area contributed by atoms with Gasteiger partial charge < -0.3 is 25.4 Å². The van der Waals surface area contributed by atoms with Crippen molar-refractivity contribution in [3.8, 4) is 5.75 Å². The molecule has 1 saturated heterocycles. The number of halogens is 3. The van der Waals surface area contributed by atoms with E-state index in [1.54, 1.807) is 22.9 Å². The highest BCUT2D eigenvalue weighted by Gasteiger charge is 2.38. The maximum absolute atomic E-state index is 13.3.